The first kappa shape index (κ1) is 24.0. The van der Waals surface area contributed by atoms with Gasteiger partial charge in [-0.1, -0.05) is 84.4 Å². The van der Waals surface area contributed by atoms with Gasteiger partial charge >= 0.3 is 5.24 Å². The van der Waals surface area contributed by atoms with Crippen LogP contribution in [0.3, 0.4) is 0 Å². The molecule has 7 heteroatoms. The molecule has 5 nitrogen and oxygen atoms in total. The molecule has 0 atom stereocenters. The number of halogens is 1. The lowest BCUT2D eigenvalue weighted by atomic mass is 10.1. The standard InChI is InChI=1S/C31H21ClN4OS/c32-24-13-15-25(16-14-24)33-30-29(38-31(37)34-30)19-21-11-17-26(18-12-21)36-28(23-9-5-2-6-10-23)20-27(35-36)22-7-3-1-4-8-22/h1-20H,(H,33,34,37)/b29-19-. The third-order valence-electron chi connectivity index (χ3n) is 6.02. The molecular weight excluding hydrogens is 512 g/mol. The van der Waals surface area contributed by atoms with Gasteiger partial charge in [-0.2, -0.15) is 10.1 Å². The maximum absolute atomic E-state index is 12.1. The molecule has 0 aliphatic carbocycles. The number of thioether (sulfide) groups is 1. The molecule has 1 N–H and O–H groups in total. The first-order valence-corrected chi connectivity index (χ1v) is 13.2. The molecule has 0 spiro atoms. The molecule has 2 heterocycles. The van der Waals surface area contributed by atoms with Crippen LogP contribution < -0.4 is 5.32 Å². The van der Waals surface area contributed by atoms with Gasteiger partial charge in [-0.25, -0.2) is 4.68 Å². The number of hydrogen-bond donors (Lipinski definition) is 1. The van der Waals surface area contributed by atoms with Gasteiger partial charge in [-0.15, -0.1) is 0 Å². The van der Waals surface area contributed by atoms with E-state index >= 15 is 0 Å². The van der Waals surface area contributed by atoms with E-state index in [2.05, 4.69) is 40.6 Å². The Morgan fingerprint density at radius 3 is 2.13 bits per heavy atom. The van der Waals surface area contributed by atoms with Crippen molar-refractivity contribution in [2.45, 2.75) is 0 Å². The number of amides is 1. The van der Waals surface area contributed by atoms with E-state index in [0.717, 1.165) is 56.1 Å². The Morgan fingerprint density at radius 2 is 1.45 bits per heavy atom. The lowest BCUT2D eigenvalue weighted by Gasteiger charge is -2.09. The Morgan fingerprint density at radius 1 is 0.789 bits per heavy atom. The highest BCUT2D eigenvalue weighted by atomic mass is 35.5. The molecule has 1 aliphatic heterocycles. The number of carbonyl (C=O) groups excluding carboxylic acids is 1. The summed E-state index contributed by atoms with van der Waals surface area (Å²) in [5.74, 6) is 0.525. The average molecular weight is 533 g/mol. The fourth-order valence-corrected chi connectivity index (χ4v) is 5.01. The van der Waals surface area contributed by atoms with Crippen LogP contribution in [-0.4, -0.2) is 20.9 Å². The molecule has 0 saturated heterocycles. The summed E-state index contributed by atoms with van der Waals surface area (Å²) in [6, 6.07) is 37.9. The number of hydrogen-bond acceptors (Lipinski definition) is 4. The number of nitrogens with one attached hydrogen (secondary N) is 1. The average Bonchev–Trinajstić information content (AvgIpc) is 3.55. The number of benzene rings is 4. The number of anilines is 1. The predicted molar refractivity (Wildman–Crippen MR) is 158 cm³/mol. The summed E-state index contributed by atoms with van der Waals surface area (Å²) in [5.41, 5.74) is 6.77. The minimum Gasteiger partial charge on any atom is -0.339 e. The second-order valence-electron chi connectivity index (χ2n) is 8.62. The summed E-state index contributed by atoms with van der Waals surface area (Å²) in [6.07, 6.45) is 1.96. The molecule has 38 heavy (non-hydrogen) atoms. The van der Waals surface area contributed by atoms with Crippen LogP contribution in [0.15, 0.2) is 125 Å². The van der Waals surface area contributed by atoms with E-state index in [9.17, 15) is 4.79 Å². The summed E-state index contributed by atoms with van der Waals surface area (Å²) in [7, 11) is 0. The van der Waals surface area contributed by atoms with Crippen LogP contribution in [0.2, 0.25) is 5.02 Å². The third kappa shape index (κ3) is 5.18. The van der Waals surface area contributed by atoms with Crippen LogP contribution >= 0.6 is 23.4 Å². The normalized spacial score (nSPS) is 14.1. The van der Waals surface area contributed by atoms with Gasteiger partial charge in [0.1, 0.15) is 5.84 Å². The molecular formula is C31H21ClN4OS. The van der Waals surface area contributed by atoms with Crippen molar-refractivity contribution in [1.29, 1.82) is 0 Å². The van der Waals surface area contributed by atoms with Crippen LogP contribution in [-0.2, 0) is 0 Å². The number of amidine groups is 1. The molecule has 1 aromatic heterocycles. The Balaban J connectivity index is 1.31. The highest BCUT2D eigenvalue weighted by Crippen LogP contribution is 2.32. The second kappa shape index (κ2) is 10.5. The van der Waals surface area contributed by atoms with Crippen molar-refractivity contribution in [2.24, 2.45) is 4.99 Å². The number of carbonyl (C=O) groups is 1. The molecule has 0 radical (unpaired) electrons. The summed E-state index contributed by atoms with van der Waals surface area (Å²) in [4.78, 5) is 17.0. The molecule has 0 fully saturated rings. The second-order valence-corrected chi connectivity index (χ2v) is 10.0. The van der Waals surface area contributed by atoms with E-state index in [-0.39, 0.29) is 5.24 Å². The van der Waals surface area contributed by atoms with E-state index in [4.69, 9.17) is 16.7 Å². The van der Waals surface area contributed by atoms with Crippen molar-refractivity contribution in [1.82, 2.24) is 9.78 Å². The van der Waals surface area contributed by atoms with Crippen molar-refractivity contribution < 1.29 is 4.79 Å². The number of nitrogens with zero attached hydrogens (tertiary/aromatic N) is 3. The van der Waals surface area contributed by atoms with Crippen molar-refractivity contribution in [3.05, 3.63) is 131 Å². The summed E-state index contributed by atoms with van der Waals surface area (Å²) in [6.45, 7) is 0. The van der Waals surface area contributed by atoms with Gasteiger partial charge in [0.15, 0.2) is 0 Å². The molecule has 1 amide bonds. The molecule has 0 unspecified atom stereocenters. The summed E-state index contributed by atoms with van der Waals surface area (Å²) >= 11 is 7.09. The number of aromatic nitrogens is 2. The van der Waals surface area contributed by atoms with E-state index in [1.54, 1.807) is 12.1 Å². The molecule has 0 saturated carbocycles. The van der Waals surface area contributed by atoms with Crippen LogP contribution in [0.1, 0.15) is 5.56 Å². The maximum Gasteiger partial charge on any atom is 0.311 e. The topological polar surface area (TPSA) is 59.3 Å². The smallest absolute Gasteiger partial charge is 0.311 e. The summed E-state index contributed by atoms with van der Waals surface area (Å²) in [5, 5.41) is 8.56. The van der Waals surface area contributed by atoms with E-state index < -0.39 is 0 Å². The van der Waals surface area contributed by atoms with Crippen molar-refractivity contribution in [3.8, 4) is 28.2 Å². The largest absolute Gasteiger partial charge is 0.339 e. The fourth-order valence-electron chi connectivity index (χ4n) is 4.17. The van der Waals surface area contributed by atoms with Crippen LogP contribution in [0, 0.1) is 0 Å². The van der Waals surface area contributed by atoms with Gasteiger partial charge < -0.3 is 5.32 Å². The zero-order chi connectivity index (χ0) is 25.9. The lowest BCUT2D eigenvalue weighted by Crippen LogP contribution is -2.10. The predicted octanol–water partition coefficient (Wildman–Crippen LogP) is 8.58. The quantitative estimate of drug-likeness (QED) is 0.246. The fraction of sp³-hybridized carbons (Fsp3) is 0. The minimum atomic E-state index is -0.248. The maximum atomic E-state index is 12.1. The molecule has 4 aromatic carbocycles. The molecule has 0 bridgehead atoms. The van der Waals surface area contributed by atoms with Crippen molar-refractivity contribution in [3.63, 3.8) is 0 Å². The Hall–Kier alpha value is -4.39. The van der Waals surface area contributed by atoms with Gasteiger partial charge in [0, 0.05) is 21.8 Å². The number of rotatable bonds is 5. The van der Waals surface area contributed by atoms with Crippen LogP contribution in [0.25, 0.3) is 34.3 Å². The van der Waals surface area contributed by atoms with Gasteiger partial charge in [0.05, 0.1) is 22.0 Å². The van der Waals surface area contributed by atoms with Gasteiger partial charge in [-0.05, 0) is 65.9 Å². The lowest BCUT2D eigenvalue weighted by molar-refractivity contribution is 0.268. The van der Waals surface area contributed by atoms with Crippen molar-refractivity contribution >= 4 is 46.2 Å². The SMILES string of the molecule is O=C1N=C(Nc2ccc(Cl)cc2)/C(=C/c2ccc(-n3nc(-c4ccccc4)cc3-c3ccccc3)cc2)S1. The number of aliphatic imine (C=N–C) groups is 1. The highest BCUT2D eigenvalue weighted by molar-refractivity contribution is 8.18. The monoisotopic (exact) mass is 532 g/mol. The summed E-state index contributed by atoms with van der Waals surface area (Å²) < 4.78 is 1.97. The molecule has 1 aliphatic rings. The van der Waals surface area contributed by atoms with E-state index in [0.29, 0.717) is 10.9 Å². The zero-order valence-electron chi connectivity index (χ0n) is 20.1. The highest BCUT2D eigenvalue weighted by Gasteiger charge is 2.22. The van der Waals surface area contributed by atoms with Gasteiger partial charge in [0.2, 0.25) is 0 Å². The van der Waals surface area contributed by atoms with Crippen molar-refractivity contribution in [2.75, 3.05) is 5.32 Å². The van der Waals surface area contributed by atoms with E-state index in [1.165, 1.54) is 0 Å². The van der Waals surface area contributed by atoms with Crippen LogP contribution in [0.5, 0.6) is 0 Å². The first-order chi connectivity index (χ1) is 18.6. The molecule has 6 rings (SSSR count). The van der Waals surface area contributed by atoms with Gasteiger partial charge in [0.25, 0.3) is 0 Å². The van der Waals surface area contributed by atoms with Gasteiger partial charge in [-0.3, -0.25) is 4.79 Å². The Bertz CT molecular complexity index is 1660. The van der Waals surface area contributed by atoms with E-state index in [1.807, 2.05) is 83.6 Å². The zero-order valence-corrected chi connectivity index (χ0v) is 21.7. The molecule has 184 valence electrons. The Kier molecular flexibility index (Phi) is 6.65. The Labute approximate surface area is 229 Å². The minimum absolute atomic E-state index is 0.248. The third-order valence-corrected chi connectivity index (χ3v) is 7.07. The molecule has 5 aromatic rings. The van der Waals surface area contributed by atoms with Crippen LogP contribution in [0.4, 0.5) is 10.5 Å². The first-order valence-electron chi connectivity index (χ1n) is 12.0.